The molecule has 2 N–H and O–H groups in total. The van der Waals surface area contributed by atoms with Crippen LogP contribution in [0, 0.1) is 0 Å². The quantitative estimate of drug-likeness (QED) is 0.568. The van der Waals surface area contributed by atoms with Crippen molar-refractivity contribution in [2.75, 3.05) is 6.61 Å². The van der Waals surface area contributed by atoms with Gasteiger partial charge in [0.15, 0.2) is 5.17 Å². The third kappa shape index (κ3) is 5.24. The fraction of sp³-hybridized carbons (Fsp3) is 0.333. The Hall–Kier alpha value is -2.06. The molecule has 1 aromatic rings. The van der Waals surface area contributed by atoms with Crippen LogP contribution in [0.15, 0.2) is 28.4 Å². The first-order valence-corrected chi connectivity index (χ1v) is 8.48. The molecule has 2 rings (SSSR count). The SMILES string of the molecule is CCCOc1ccc(C=NN=C2NC(=O)C(CC(=O)O)S2)cc1Cl. The molecule has 0 aliphatic carbocycles. The molecule has 7 nitrogen and oxygen atoms in total. The number of halogens is 1. The minimum absolute atomic E-state index is 0.256. The number of amidine groups is 1. The van der Waals surface area contributed by atoms with E-state index < -0.39 is 11.2 Å². The first-order valence-electron chi connectivity index (χ1n) is 7.22. The summed E-state index contributed by atoms with van der Waals surface area (Å²) in [5.41, 5.74) is 0.726. The smallest absolute Gasteiger partial charge is 0.305 e. The van der Waals surface area contributed by atoms with E-state index in [-0.39, 0.29) is 17.5 Å². The van der Waals surface area contributed by atoms with Crippen molar-refractivity contribution in [3.05, 3.63) is 28.8 Å². The van der Waals surface area contributed by atoms with Crippen molar-refractivity contribution in [1.82, 2.24) is 5.32 Å². The van der Waals surface area contributed by atoms with E-state index in [0.29, 0.717) is 17.4 Å². The number of carbonyl (C=O) groups excluding carboxylic acids is 1. The molecule has 1 unspecified atom stereocenters. The average Bonchev–Trinajstić information content (AvgIpc) is 2.85. The van der Waals surface area contributed by atoms with Gasteiger partial charge in [-0.25, -0.2) is 0 Å². The van der Waals surface area contributed by atoms with Crippen molar-refractivity contribution in [3.63, 3.8) is 0 Å². The molecule has 1 fully saturated rings. The Morgan fingerprint density at radius 3 is 3.00 bits per heavy atom. The first-order chi connectivity index (χ1) is 11.5. The maximum atomic E-state index is 11.6. The summed E-state index contributed by atoms with van der Waals surface area (Å²) >= 11 is 7.16. The molecule has 1 amide bonds. The summed E-state index contributed by atoms with van der Waals surface area (Å²) in [4.78, 5) is 22.2. The second-order valence-electron chi connectivity index (χ2n) is 4.88. The summed E-state index contributed by atoms with van der Waals surface area (Å²) in [7, 11) is 0. The van der Waals surface area contributed by atoms with Gasteiger partial charge in [0.1, 0.15) is 11.0 Å². The van der Waals surface area contributed by atoms with Gasteiger partial charge in [0.25, 0.3) is 0 Å². The standard InChI is InChI=1S/C15H16ClN3O4S/c1-2-5-23-11-4-3-9(6-10(11)16)8-17-19-15-18-14(22)12(24-15)7-13(20)21/h3-4,6,8,12H,2,5,7H2,1H3,(H,20,21)(H,18,19,22). The van der Waals surface area contributed by atoms with Crippen LogP contribution in [0.2, 0.25) is 5.02 Å². The van der Waals surface area contributed by atoms with Crippen LogP contribution >= 0.6 is 23.4 Å². The van der Waals surface area contributed by atoms with Gasteiger partial charge in [-0.3, -0.25) is 9.59 Å². The molecular formula is C15H16ClN3O4S. The summed E-state index contributed by atoms with van der Waals surface area (Å²) in [6, 6.07) is 5.24. The molecule has 0 radical (unpaired) electrons. The Kier molecular flexibility index (Phi) is 6.62. The van der Waals surface area contributed by atoms with Crippen molar-refractivity contribution in [2.45, 2.75) is 25.0 Å². The van der Waals surface area contributed by atoms with Crippen LogP contribution in [-0.4, -0.2) is 40.2 Å². The fourth-order valence-electron chi connectivity index (χ4n) is 1.82. The highest BCUT2D eigenvalue weighted by molar-refractivity contribution is 8.15. The molecule has 1 heterocycles. The molecule has 1 saturated heterocycles. The van der Waals surface area contributed by atoms with Crippen molar-refractivity contribution in [2.24, 2.45) is 10.2 Å². The lowest BCUT2D eigenvalue weighted by molar-refractivity contribution is -0.138. The predicted molar refractivity (Wildman–Crippen MR) is 94.0 cm³/mol. The number of aliphatic carboxylic acids is 1. The zero-order valence-electron chi connectivity index (χ0n) is 12.9. The zero-order chi connectivity index (χ0) is 17.5. The number of carboxylic acid groups (broad SMARTS) is 1. The Labute approximate surface area is 148 Å². The topological polar surface area (TPSA) is 100 Å². The van der Waals surface area contributed by atoms with Gasteiger partial charge in [-0.2, -0.15) is 5.10 Å². The summed E-state index contributed by atoms with van der Waals surface area (Å²) < 4.78 is 5.48. The molecule has 9 heteroatoms. The van der Waals surface area contributed by atoms with Gasteiger partial charge >= 0.3 is 5.97 Å². The van der Waals surface area contributed by atoms with Crippen LogP contribution in [0.5, 0.6) is 5.75 Å². The third-order valence-corrected chi connectivity index (χ3v) is 4.28. The summed E-state index contributed by atoms with van der Waals surface area (Å²) in [6.07, 6.45) is 2.12. The highest BCUT2D eigenvalue weighted by Gasteiger charge is 2.32. The molecule has 0 bridgehead atoms. The average molecular weight is 370 g/mol. The Balaban J connectivity index is 1.97. The normalized spacial score (nSPS) is 19.0. The van der Waals surface area contributed by atoms with Gasteiger partial charge in [0.2, 0.25) is 5.91 Å². The largest absolute Gasteiger partial charge is 0.492 e. The van der Waals surface area contributed by atoms with E-state index in [1.807, 2.05) is 6.92 Å². The lowest BCUT2D eigenvalue weighted by Crippen LogP contribution is -2.26. The van der Waals surface area contributed by atoms with E-state index >= 15 is 0 Å². The van der Waals surface area contributed by atoms with Crippen LogP contribution in [0.25, 0.3) is 0 Å². The highest BCUT2D eigenvalue weighted by Crippen LogP contribution is 2.25. The van der Waals surface area contributed by atoms with Gasteiger partial charge in [0, 0.05) is 0 Å². The number of nitrogens with zero attached hydrogens (tertiary/aromatic N) is 2. The molecule has 0 aromatic heterocycles. The second-order valence-corrected chi connectivity index (χ2v) is 6.48. The lowest BCUT2D eigenvalue weighted by Gasteiger charge is -2.06. The van der Waals surface area contributed by atoms with E-state index in [9.17, 15) is 9.59 Å². The first kappa shape index (κ1) is 18.3. The number of benzene rings is 1. The Morgan fingerprint density at radius 2 is 2.33 bits per heavy atom. The van der Waals surface area contributed by atoms with Gasteiger partial charge in [-0.15, -0.1) is 5.10 Å². The van der Waals surface area contributed by atoms with E-state index in [2.05, 4.69) is 15.5 Å². The number of carbonyl (C=O) groups is 2. The molecule has 24 heavy (non-hydrogen) atoms. The summed E-state index contributed by atoms with van der Waals surface area (Å²) in [5.74, 6) is -0.804. The molecular weight excluding hydrogens is 354 g/mol. The maximum Gasteiger partial charge on any atom is 0.305 e. The monoisotopic (exact) mass is 369 g/mol. The highest BCUT2D eigenvalue weighted by atomic mass is 35.5. The number of ether oxygens (including phenoxy) is 1. The number of amides is 1. The second kappa shape index (κ2) is 8.70. The lowest BCUT2D eigenvalue weighted by atomic mass is 10.2. The van der Waals surface area contributed by atoms with Gasteiger partial charge < -0.3 is 15.2 Å². The Bertz CT molecular complexity index is 693. The number of hydrogen-bond donors (Lipinski definition) is 2. The van der Waals surface area contributed by atoms with Crippen LogP contribution < -0.4 is 10.1 Å². The van der Waals surface area contributed by atoms with Crippen LogP contribution in [-0.2, 0) is 9.59 Å². The van der Waals surface area contributed by atoms with E-state index in [0.717, 1.165) is 23.7 Å². The number of carboxylic acids is 1. The fourth-order valence-corrected chi connectivity index (χ4v) is 2.98. The van der Waals surface area contributed by atoms with E-state index in [1.54, 1.807) is 18.2 Å². The van der Waals surface area contributed by atoms with Crippen LogP contribution in [0.3, 0.4) is 0 Å². The van der Waals surface area contributed by atoms with Gasteiger partial charge in [-0.05, 0) is 30.2 Å². The minimum Gasteiger partial charge on any atom is -0.492 e. The molecule has 0 saturated carbocycles. The maximum absolute atomic E-state index is 11.6. The molecule has 1 aromatic carbocycles. The van der Waals surface area contributed by atoms with E-state index in [4.69, 9.17) is 21.4 Å². The summed E-state index contributed by atoms with van der Waals surface area (Å²) in [5, 5.41) is 19.0. The third-order valence-electron chi connectivity index (χ3n) is 2.91. The number of rotatable bonds is 7. The zero-order valence-corrected chi connectivity index (χ0v) is 14.4. The van der Waals surface area contributed by atoms with Crippen molar-refractivity contribution >= 4 is 46.6 Å². The molecule has 1 aliphatic rings. The Morgan fingerprint density at radius 1 is 1.54 bits per heavy atom. The molecule has 1 aliphatic heterocycles. The van der Waals surface area contributed by atoms with Crippen molar-refractivity contribution in [3.8, 4) is 5.75 Å². The minimum atomic E-state index is -1.03. The van der Waals surface area contributed by atoms with E-state index in [1.165, 1.54) is 6.21 Å². The number of thioether (sulfide) groups is 1. The van der Waals surface area contributed by atoms with Crippen LogP contribution in [0.4, 0.5) is 0 Å². The van der Waals surface area contributed by atoms with Crippen molar-refractivity contribution in [1.29, 1.82) is 0 Å². The number of hydrogen-bond acceptors (Lipinski definition) is 6. The molecule has 1 atom stereocenters. The number of nitrogens with one attached hydrogen (secondary N) is 1. The summed E-state index contributed by atoms with van der Waals surface area (Å²) in [6.45, 7) is 2.60. The van der Waals surface area contributed by atoms with Gasteiger partial charge in [-0.1, -0.05) is 30.3 Å². The van der Waals surface area contributed by atoms with Crippen LogP contribution in [0.1, 0.15) is 25.3 Å². The molecule has 0 spiro atoms. The predicted octanol–water partition coefficient (Wildman–Crippen LogP) is 2.53. The molecule has 128 valence electrons. The van der Waals surface area contributed by atoms with Crippen molar-refractivity contribution < 1.29 is 19.4 Å². The van der Waals surface area contributed by atoms with Gasteiger partial charge in [0.05, 0.1) is 24.3 Å².